The molecule has 2 aromatic carbocycles. The van der Waals surface area contributed by atoms with Crippen LogP contribution in [0.15, 0.2) is 42.5 Å². The molecule has 0 aromatic heterocycles. The van der Waals surface area contributed by atoms with Crippen LogP contribution in [0.25, 0.3) is 0 Å². The van der Waals surface area contributed by atoms with Gasteiger partial charge in [-0.05, 0) is 49.1 Å². The second-order valence-electron chi connectivity index (χ2n) is 7.75. The van der Waals surface area contributed by atoms with E-state index in [1.165, 1.54) is 5.56 Å². The number of benzene rings is 2. The highest BCUT2D eigenvalue weighted by Crippen LogP contribution is 2.33. The zero-order valence-corrected chi connectivity index (χ0v) is 16.5. The molecule has 2 aliphatic heterocycles. The van der Waals surface area contributed by atoms with Crippen LogP contribution in [0.4, 0.5) is 5.69 Å². The number of carbonyl (C=O) groups excluding carboxylic acids is 2. The molecule has 2 amide bonds. The van der Waals surface area contributed by atoms with Crippen molar-refractivity contribution in [1.29, 1.82) is 0 Å². The molecule has 0 radical (unpaired) electrons. The van der Waals surface area contributed by atoms with Crippen molar-refractivity contribution in [3.8, 4) is 5.75 Å². The Morgan fingerprint density at radius 3 is 2.71 bits per heavy atom. The lowest BCUT2D eigenvalue weighted by Gasteiger charge is -2.31. The van der Waals surface area contributed by atoms with Crippen molar-refractivity contribution in [2.24, 2.45) is 5.92 Å². The van der Waals surface area contributed by atoms with Gasteiger partial charge in [0.25, 0.3) is 0 Å². The fourth-order valence-corrected chi connectivity index (χ4v) is 4.15. The lowest BCUT2D eigenvalue weighted by atomic mass is 9.98. The van der Waals surface area contributed by atoms with Gasteiger partial charge in [-0.2, -0.15) is 0 Å². The van der Waals surface area contributed by atoms with Crippen LogP contribution in [-0.4, -0.2) is 36.9 Å². The summed E-state index contributed by atoms with van der Waals surface area (Å²) in [5.74, 6) is 0.663. The molecule has 146 valence electrons. The monoisotopic (exact) mass is 378 g/mol. The van der Waals surface area contributed by atoms with Crippen molar-refractivity contribution in [2.75, 3.05) is 25.1 Å². The fourth-order valence-electron chi connectivity index (χ4n) is 4.15. The number of methoxy groups -OCH3 is 1. The molecule has 4 rings (SSSR count). The molecule has 1 fully saturated rings. The molecular weight excluding hydrogens is 352 g/mol. The predicted molar refractivity (Wildman–Crippen MR) is 108 cm³/mol. The van der Waals surface area contributed by atoms with E-state index in [0.29, 0.717) is 26.1 Å². The summed E-state index contributed by atoms with van der Waals surface area (Å²) in [6.07, 6.45) is 2.17. The third kappa shape index (κ3) is 3.61. The van der Waals surface area contributed by atoms with Crippen molar-refractivity contribution < 1.29 is 14.3 Å². The van der Waals surface area contributed by atoms with Crippen LogP contribution in [0.2, 0.25) is 0 Å². The summed E-state index contributed by atoms with van der Waals surface area (Å²) in [7, 11) is 1.65. The van der Waals surface area contributed by atoms with Gasteiger partial charge in [-0.25, -0.2) is 0 Å². The van der Waals surface area contributed by atoms with E-state index in [-0.39, 0.29) is 17.7 Å². The highest BCUT2D eigenvalue weighted by Gasteiger charge is 2.37. The molecule has 28 heavy (non-hydrogen) atoms. The van der Waals surface area contributed by atoms with E-state index in [2.05, 4.69) is 12.1 Å². The van der Waals surface area contributed by atoms with Crippen molar-refractivity contribution >= 4 is 17.5 Å². The molecule has 0 unspecified atom stereocenters. The van der Waals surface area contributed by atoms with Crippen molar-refractivity contribution in [1.82, 2.24) is 4.90 Å². The number of ether oxygens (including phenoxy) is 1. The second kappa shape index (κ2) is 7.66. The Kier molecular flexibility index (Phi) is 5.07. The zero-order valence-electron chi connectivity index (χ0n) is 16.5. The van der Waals surface area contributed by atoms with Gasteiger partial charge in [-0.15, -0.1) is 0 Å². The number of aryl methyl sites for hydroxylation is 2. The van der Waals surface area contributed by atoms with Crippen molar-refractivity contribution in [3.63, 3.8) is 0 Å². The van der Waals surface area contributed by atoms with E-state index >= 15 is 0 Å². The molecular formula is C23H26N2O3. The highest BCUT2D eigenvalue weighted by molar-refractivity contribution is 5.99. The summed E-state index contributed by atoms with van der Waals surface area (Å²) in [5, 5.41) is 0. The molecule has 0 aliphatic carbocycles. The molecule has 2 heterocycles. The van der Waals surface area contributed by atoms with Crippen LogP contribution in [0.3, 0.4) is 0 Å². The summed E-state index contributed by atoms with van der Waals surface area (Å²) in [6, 6.07) is 14.1. The van der Waals surface area contributed by atoms with Crippen LogP contribution in [0, 0.1) is 12.8 Å². The Bertz CT molecular complexity index is 891. The van der Waals surface area contributed by atoms with Gasteiger partial charge in [0.05, 0.1) is 13.0 Å². The molecule has 0 spiro atoms. The normalized spacial score (nSPS) is 18.9. The summed E-state index contributed by atoms with van der Waals surface area (Å²) >= 11 is 0. The lowest BCUT2D eigenvalue weighted by molar-refractivity contribution is -0.128. The van der Waals surface area contributed by atoms with E-state index in [0.717, 1.165) is 35.4 Å². The molecule has 0 N–H and O–H groups in total. The first-order valence-corrected chi connectivity index (χ1v) is 9.87. The van der Waals surface area contributed by atoms with Gasteiger partial charge >= 0.3 is 0 Å². The molecule has 5 heteroatoms. The van der Waals surface area contributed by atoms with Gasteiger partial charge in [0, 0.05) is 31.7 Å². The average Bonchev–Trinajstić information content (AvgIpc) is 3.08. The summed E-state index contributed by atoms with van der Waals surface area (Å²) in [6.45, 7) is 3.82. The number of likely N-dealkylation sites (tertiary alicyclic amines) is 1. The number of rotatable bonds is 4. The minimum absolute atomic E-state index is 0.0610. The first-order chi connectivity index (χ1) is 13.5. The highest BCUT2D eigenvalue weighted by atomic mass is 16.5. The first-order valence-electron chi connectivity index (χ1n) is 9.87. The Hall–Kier alpha value is -2.82. The largest absolute Gasteiger partial charge is 0.497 e. The Morgan fingerprint density at radius 2 is 1.96 bits per heavy atom. The third-order valence-electron chi connectivity index (χ3n) is 5.73. The maximum atomic E-state index is 13.2. The number of nitrogens with zero attached hydrogens (tertiary/aromatic N) is 2. The average molecular weight is 378 g/mol. The van der Waals surface area contributed by atoms with Gasteiger partial charge in [-0.3, -0.25) is 9.59 Å². The SMILES string of the molecule is COc1ccc2c(c1)CCCN2C(=O)[C@H]1CC(=O)N(Cc2ccc(C)cc2)C1. The Balaban J connectivity index is 1.47. The zero-order chi connectivity index (χ0) is 19.7. The smallest absolute Gasteiger partial charge is 0.232 e. The number of hydrogen-bond donors (Lipinski definition) is 0. The molecule has 0 saturated carbocycles. The van der Waals surface area contributed by atoms with Gasteiger partial charge < -0.3 is 14.5 Å². The quantitative estimate of drug-likeness (QED) is 0.820. The number of fused-ring (bicyclic) bond motifs is 1. The molecule has 2 aromatic rings. The van der Waals surface area contributed by atoms with Gasteiger partial charge in [-0.1, -0.05) is 29.8 Å². The number of anilines is 1. The second-order valence-corrected chi connectivity index (χ2v) is 7.75. The summed E-state index contributed by atoms with van der Waals surface area (Å²) in [4.78, 5) is 29.4. The van der Waals surface area contributed by atoms with Crippen LogP contribution in [0.1, 0.15) is 29.5 Å². The van der Waals surface area contributed by atoms with E-state index in [1.54, 1.807) is 7.11 Å². The van der Waals surface area contributed by atoms with Crippen molar-refractivity contribution in [2.45, 2.75) is 32.7 Å². The number of carbonyl (C=O) groups is 2. The van der Waals surface area contributed by atoms with Crippen LogP contribution in [0.5, 0.6) is 5.75 Å². The van der Waals surface area contributed by atoms with E-state index in [9.17, 15) is 9.59 Å². The first kappa shape index (κ1) is 18.5. The summed E-state index contributed by atoms with van der Waals surface area (Å²) in [5.41, 5.74) is 4.40. The van der Waals surface area contributed by atoms with Gasteiger partial charge in [0.2, 0.25) is 11.8 Å². The Labute approximate surface area is 165 Å². The molecule has 0 bridgehead atoms. The summed E-state index contributed by atoms with van der Waals surface area (Å²) < 4.78 is 5.31. The topological polar surface area (TPSA) is 49.9 Å². The maximum Gasteiger partial charge on any atom is 0.232 e. The van der Waals surface area contributed by atoms with Crippen LogP contribution in [-0.2, 0) is 22.6 Å². The Morgan fingerprint density at radius 1 is 1.18 bits per heavy atom. The van der Waals surface area contributed by atoms with Gasteiger partial charge in [0.15, 0.2) is 0 Å². The maximum absolute atomic E-state index is 13.2. The third-order valence-corrected chi connectivity index (χ3v) is 5.73. The van der Waals surface area contributed by atoms with Crippen LogP contribution >= 0.6 is 0 Å². The van der Waals surface area contributed by atoms with Crippen LogP contribution < -0.4 is 9.64 Å². The molecule has 1 saturated heterocycles. The fraction of sp³-hybridized carbons (Fsp3) is 0.391. The van der Waals surface area contributed by atoms with E-state index < -0.39 is 0 Å². The standard InChI is InChI=1S/C23H26N2O3/c1-16-5-7-17(8-6-16)14-24-15-19(13-22(24)26)23(27)25-11-3-4-18-12-20(28-2)9-10-21(18)25/h5-10,12,19H,3-4,11,13-15H2,1-2H3/t19-/m0/s1. The predicted octanol–water partition coefficient (Wildman–Crippen LogP) is 3.33. The molecule has 5 nitrogen and oxygen atoms in total. The number of amides is 2. The lowest BCUT2D eigenvalue weighted by Crippen LogP contribution is -2.40. The molecule has 1 atom stereocenters. The minimum atomic E-state index is -0.272. The molecule has 2 aliphatic rings. The number of hydrogen-bond acceptors (Lipinski definition) is 3. The van der Waals surface area contributed by atoms with Crippen molar-refractivity contribution in [3.05, 3.63) is 59.2 Å². The van der Waals surface area contributed by atoms with Gasteiger partial charge in [0.1, 0.15) is 5.75 Å². The van der Waals surface area contributed by atoms with E-state index in [1.807, 2.05) is 47.1 Å². The minimum Gasteiger partial charge on any atom is -0.497 e. The van der Waals surface area contributed by atoms with E-state index in [4.69, 9.17) is 4.74 Å².